The van der Waals surface area contributed by atoms with E-state index in [2.05, 4.69) is 50.2 Å². The van der Waals surface area contributed by atoms with E-state index >= 15 is 0 Å². The second-order valence-electron chi connectivity index (χ2n) is 5.69. The van der Waals surface area contributed by atoms with Gasteiger partial charge in [-0.15, -0.1) is 0 Å². The molecule has 1 aromatic rings. The Balaban J connectivity index is 2.11. The summed E-state index contributed by atoms with van der Waals surface area (Å²) < 4.78 is 0. The van der Waals surface area contributed by atoms with Gasteiger partial charge in [0.25, 0.3) is 0 Å². The number of rotatable bonds is 4. The Bertz CT molecular complexity index is 412. The average molecular weight is 246 g/mol. The average Bonchev–Trinajstić information content (AvgIpc) is 2.74. The second-order valence-corrected chi connectivity index (χ2v) is 5.69. The van der Waals surface area contributed by atoms with Crippen LogP contribution in [-0.4, -0.2) is 31.1 Å². The van der Waals surface area contributed by atoms with Gasteiger partial charge in [0, 0.05) is 19.1 Å². The first-order chi connectivity index (χ1) is 8.61. The SMILES string of the molecule is CNCC1CCCN1Cc1cc(C)c(C)cc1C. The number of nitrogens with one attached hydrogen (secondary N) is 1. The number of hydrogen-bond donors (Lipinski definition) is 1. The zero-order valence-corrected chi connectivity index (χ0v) is 12.2. The Morgan fingerprint density at radius 3 is 2.61 bits per heavy atom. The van der Waals surface area contributed by atoms with Crippen LogP contribution in [0.1, 0.15) is 35.1 Å². The summed E-state index contributed by atoms with van der Waals surface area (Å²) in [6, 6.07) is 5.42. The van der Waals surface area contributed by atoms with Crippen molar-refractivity contribution >= 4 is 0 Å². The van der Waals surface area contributed by atoms with E-state index < -0.39 is 0 Å². The van der Waals surface area contributed by atoms with Crippen molar-refractivity contribution in [3.8, 4) is 0 Å². The molecule has 0 aliphatic carbocycles. The van der Waals surface area contributed by atoms with E-state index in [4.69, 9.17) is 0 Å². The monoisotopic (exact) mass is 246 g/mol. The minimum Gasteiger partial charge on any atom is -0.318 e. The highest BCUT2D eigenvalue weighted by molar-refractivity contribution is 5.36. The second kappa shape index (κ2) is 5.85. The lowest BCUT2D eigenvalue weighted by Crippen LogP contribution is -2.36. The highest BCUT2D eigenvalue weighted by Gasteiger charge is 2.24. The number of hydrogen-bond acceptors (Lipinski definition) is 2. The first-order valence-corrected chi connectivity index (χ1v) is 7.07. The topological polar surface area (TPSA) is 15.3 Å². The van der Waals surface area contributed by atoms with Crippen molar-refractivity contribution < 1.29 is 0 Å². The number of aryl methyl sites for hydroxylation is 3. The summed E-state index contributed by atoms with van der Waals surface area (Å²) in [6.45, 7) is 10.1. The van der Waals surface area contributed by atoms with Gasteiger partial charge in [0.15, 0.2) is 0 Å². The minimum absolute atomic E-state index is 0.719. The molecular weight excluding hydrogens is 220 g/mol. The third kappa shape index (κ3) is 2.93. The summed E-state index contributed by atoms with van der Waals surface area (Å²) >= 11 is 0. The van der Waals surface area contributed by atoms with Crippen molar-refractivity contribution in [1.29, 1.82) is 0 Å². The minimum atomic E-state index is 0.719. The molecule has 1 atom stereocenters. The Hall–Kier alpha value is -0.860. The zero-order chi connectivity index (χ0) is 13.1. The predicted molar refractivity (Wildman–Crippen MR) is 78.0 cm³/mol. The molecule has 1 heterocycles. The molecule has 1 fully saturated rings. The number of likely N-dealkylation sites (N-methyl/N-ethyl adjacent to an activating group) is 1. The highest BCUT2D eigenvalue weighted by Crippen LogP contribution is 2.22. The fraction of sp³-hybridized carbons (Fsp3) is 0.625. The van der Waals surface area contributed by atoms with Crippen LogP contribution in [0.2, 0.25) is 0 Å². The molecule has 0 radical (unpaired) electrons. The molecule has 1 N–H and O–H groups in total. The van der Waals surface area contributed by atoms with E-state index in [1.165, 1.54) is 41.6 Å². The maximum absolute atomic E-state index is 3.32. The Labute approximate surface area is 111 Å². The molecule has 18 heavy (non-hydrogen) atoms. The van der Waals surface area contributed by atoms with E-state index in [0.29, 0.717) is 0 Å². The van der Waals surface area contributed by atoms with E-state index in [1.54, 1.807) is 0 Å². The van der Waals surface area contributed by atoms with Gasteiger partial charge in [-0.1, -0.05) is 12.1 Å². The van der Waals surface area contributed by atoms with Crippen molar-refractivity contribution in [3.05, 3.63) is 34.4 Å². The van der Waals surface area contributed by atoms with Gasteiger partial charge in [0.1, 0.15) is 0 Å². The van der Waals surface area contributed by atoms with Crippen LogP contribution in [-0.2, 0) is 6.54 Å². The smallest absolute Gasteiger partial charge is 0.0239 e. The fourth-order valence-electron chi connectivity index (χ4n) is 2.98. The van der Waals surface area contributed by atoms with Gasteiger partial charge in [0.2, 0.25) is 0 Å². The van der Waals surface area contributed by atoms with E-state index in [9.17, 15) is 0 Å². The maximum Gasteiger partial charge on any atom is 0.0239 e. The lowest BCUT2D eigenvalue weighted by atomic mass is 10.0. The molecule has 0 amide bonds. The van der Waals surface area contributed by atoms with Gasteiger partial charge in [-0.3, -0.25) is 4.90 Å². The third-order valence-electron chi connectivity index (χ3n) is 4.26. The molecule has 1 unspecified atom stereocenters. The first kappa shape index (κ1) is 13.6. The molecule has 0 aromatic heterocycles. The summed E-state index contributed by atoms with van der Waals surface area (Å²) in [5.74, 6) is 0. The molecule has 2 rings (SSSR count). The third-order valence-corrected chi connectivity index (χ3v) is 4.26. The van der Waals surface area contributed by atoms with Gasteiger partial charge in [-0.05, 0) is 69.5 Å². The van der Waals surface area contributed by atoms with Crippen LogP contribution >= 0.6 is 0 Å². The van der Waals surface area contributed by atoms with Crippen molar-refractivity contribution in [3.63, 3.8) is 0 Å². The van der Waals surface area contributed by atoms with E-state index in [0.717, 1.165) is 19.1 Å². The largest absolute Gasteiger partial charge is 0.318 e. The normalized spacial score (nSPS) is 20.6. The van der Waals surface area contributed by atoms with Crippen LogP contribution in [0.25, 0.3) is 0 Å². The molecule has 1 aliphatic heterocycles. The lowest BCUT2D eigenvalue weighted by molar-refractivity contribution is 0.242. The summed E-state index contributed by atoms with van der Waals surface area (Å²) in [6.07, 6.45) is 2.68. The van der Waals surface area contributed by atoms with Crippen molar-refractivity contribution in [2.24, 2.45) is 0 Å². The molecule has 0 saturated carbocycles. The summed E-state index contributed by atoms with van der Waals surface area (Å²) in [5.41, 5.74) is 5.76. The number of likely N-dealkylation sites (tertiary alicyclic amines) is 1. The molecule has 1 saturated heterocycles. The lowest BCUT2D eigenvalue weighted by Gasteiger charge is -2.25. The van der Waals surface area contributed by atoms with Crippen molar-refractivity contribution in [2.45, 2.75) is 46.2 Å². The van der Waals surface area contributed by atoms with Gasteiger partial charge < -0.3 is 5.32 Å². The summed E-state index contributed by atoms with van der Waals surface area (Å²) in [5, 5.41) is 3.32. The number of nitrogens with zero attached hydrogens (tertiary/aromatic N) is 1. The van der Waals surface area contributed by atoms with Crippen LogP contribution in [0, 0.1) is 20.8 Å². The van der Waals surface area contributed by atoms with Crippen LogP contribution in [0.3, 0.4) is 0 Å². The Morgan fingerprint density at radius 1 is 1.17 bits per heavy atom. The first-order valence-electron chi connectivity index (χ1n) is 7.07. The van der Waals surface area contributed by atoms with Crippen molar-refractivity contribution in [1.82, 2.24) is 10.2 Å². The molecule has 1 aliphatic rings. The standard InChI is InChI=1S/C16H26N2/c1-12-8-14(3)15(9-13(12)2)11-18-7-5-6-16(18)10-17-4/h8-9,16-17H,5-7,10-11H2,1-4H3. The molecular formula is C16H26N2. The molecule has 0 spiro atoms. The molecule has 100 valence electrons. The van der Waals surface area contributed by atoms with Crippen molar-refractivity contribution in [2.75, 3.05) is 20.1 Å². The maximum atomic E-state index is 3.32. The number of benzene rings is 1. The van der Waals surface area contributed by atoms with Gasteiger partial charge >= 0.3 is 0 Å². The quantitative estimate of drug-likeness (QED) is 0.879. The summed E-state index contributed by atoms with van der Waals surface area (Å²) in [4.78, 5) is 2.63. The molecule has 1 aromatic carbocycles. The van der Waals surface area contributed by atoms with Gasteiger partial charge in [0.05, 0.1) is 0 Å². The van der Waals surface area contributed by atoms with Crippen LogP contribution < -0.4 is 5.32 Å². The van der Waals surface area contributed by atoms with Gasteiger partial charge in [-0.25, -0.2) is 0 Å². The highest BCUT2D eigenvalue weighted by atomic mass is 15.2. The van der Waals surface area contributed by atoms with E-state index in [-0.39, 0.29) is 0 Å². The molecule has 0 bridgehead atoms. The Kier molecular flexibility index (Phi) is 4.41. The predicted octanol–water partition coefficient (Wildman–Crippen LogP) is 2.80. The Morgan fingerprint density at radius 2 is 1.89 bits per heavy atom. The molecule has 2 nitrogen and oxygen atoms in total. The zero-order valence-electron chi connectivity index (χ0n) is 12.2. The van der Waals surface area contributed by atoms with Crippen LogP contribution in [0.15, 0.2) is 12.1 Å². The van der Waals surface area contributed by atoms with Crippen LogP contribution in [0.4, 0.5) is 0 Å². The fourth-order valence-corrected chi connectivity index (χ4v) is 2.98. The molecule has 2 heteroatoms. The summed E-state index contributed by atoms with van der Waals surface area (Å²) in [7, 11) is 2.05. The van der Waals surface area contributed by atoms with Crippen LogP contribution in [0.5, 0.6) is 0 Å². The van der Waals surface area contributed by atoms with E-state index in [1.807, 2.05) is 0 Å². The van der Waals surface area contributed by atoms with Gasteiger partial charge in [-0.2, -0.15) is 0 Å².